The first-order valence-corrected chi connectivity index (χ1v) is 8.55. The van der Waals surface area contributed by atoms with Crippen LogP contribution in [0.25, 0.3) is 0 Å². The predicted molar refractivity (Wildman–Crippen MR) is 78.8 cm³/mol. The van der Waals surface area contributed by atoms with E-state index in [0.717, 1.165) is 12.2 Å². The molecule has 0 atom stereocenters. The first-order valence-electron chi connectivity index (χ1n) is 7.07. The second kappa shape index (κ2) is 6.26. The Morgan fingerprint density at radius 1 is 1.50 bits per heavy atom. The molecule has 0 bridgehead atoms. The zero-order valence-corrected chi connectivity index (χ0v) is 13.0. The number of nitrogens with zero attached hydrogens (tertiary/aromatic N) is 2. The van der Waals surface area contributed by atoms with Crippen LogP contribution in [-0.2, 0) is 23.1 Å². The van der Waals surface area contributed by atoms with Gasteiger partial charge in [0.2, 0.25) is 10.0 Å². The lowest BCUT2D eigenvalue weighted by molar-refractivity contribution is 0.329. The van der Waals surface area contributed by atoms with Crippen molar-refractivity contribution in [2.24, 2.45) is 5.73 Å². The van der Waals surface area contributed by atoms with Gasteiger partial charge in [-0.15, -0.1) is 0 Å². The molecule has 1 heterocycles. The summed E-state index contributed by atoms with van der Waals surface area (Å²) >= 11 is 0. The SMILES string of the molecule is CCn1cc(S(=O)(=O)NCCN(C)C2CC2)cc1CN. The summed E-state index contributed by atoms with van der Waals surface area (Å²) in [6.45, 7) is 4.19. The molecule has 114 valence electrons. The van der Waals surface area contributed by atoms with E-state index in [1.54, 1.807) is 12.3 Å². The maximum atomic E-state index is 12.2. The topological polar surface area (TPSA) is 80.4 Å². The number of likely N-dealkylation sites (N-methyl/N-ethyl adjacent to an activating group) is 1. The van der Waals surface area contributed by atoms with Gasteiger partial charge in [-0.2, -0.15) is 0 Å². The first-order chi connectivity index (χ1) is 9.47. The highest BCUT2D eigenvalue weighted by Gasteiger charge is 2.26. The van der Waals surface area contributed by atoms with Crippen molar-refractivity contribution in [2.45, 2.75) is 43.8 Å². The van der Waals surface area contributed by atoms with Crippen LogP contribution >= 0.6 is 0 Å². The van der Waals surface area contributed by atoms with Crippen LogP contribution in [0.5, 0.6) is 0 Å². The fourth-order valence-corrected chi connectivity index (χ4v) is 3.36. The lowest BCUT2D eigenvalue weighted by Crippen LogP contribution is -2.33. The van der Waals surface area contributed by atoms with Gasteiger partial charge in [0.1, 0.15) is 0 Å². The van der Waals surface area contributed by atoms with Gasteiger partial charge in [-0.3, -0.25) is 0 Å². The van der Waals surface area contributed by atoms with E-state index < -0.39 is 10.0 Å². The molecule has 1 aliphatic carbocycles. The number of nitrogens with one attached hydrogen (secondary N) is 1. The van der Waals surface area contributed by atoms with Gasteiger partial charge in [0.25, 0.3) is 0 Å². The van der Waals surface area contributed by atoms with Crippen molar-refractivity contribution < 1.29 is 8.42 Å². The molecule has 20 heavy (non-hydrogen) atoms. The quantitative estimate of drug-likeness (QED) is 0.725. The molecular weight excluding hydrogens is 276 g/mol. The molecule has 1 aromatic rings. The van der Waals surface area contributed by atoms with E-state index in [0.29, 0.717) is 30.6 Å². The van der Waals surface area contributed by atoms with Gasteiger partial charge in [0, 0.05) is 44.1 Å². The summed E-state index contributed by atoms with van der Waals surface area (Å²) in [7, 11) is -1.40. The minimum Gasteiger partial charge on any atom is -0.349 e. The van der Waals surface area contributed by atoms with E-state index in [2.05, 4.69) is 9.62 Å². The van der Waals surface area contributed by atoms with Crippen molar-refractivity contribution in [1.82, 2.24) is 14.2 Å². The molecular formula is C13H24N4O2S. The summed E-state index contributed by atoms with van der Waals surface area (Å²) in [5.74, 6) is 0. The number of rotatable bonds is 8. The van der Waals surface area contributed by atoms with Crippen LogP contribution in [0.3, 0.4) is 0 Å². The summed E-state index contributed by atoms with van der Waals surface area (Å²) in [6.07, 6.45) is 4.10. The van der Waals surface area contributed by atoms with Gasteiger partial charge >= 0.3 is 0 Å². The molecule has 0 amide bonds. The highest BCUT2D eigenvalue weighted by molar-refractivity contribution is 7.89. The Balaban J connectivity index is 1.96. The second-order valence-corrected chi connectivity index (χ2v) is 7.03. The largest absolute Gasteiger partial charge is 0.349 e. The van der Waals surface area contributed by atoms with Crippen LogP contribution in [-0.4, -0.2) is 44.1 Å². The first kappa shape index (κ1) is 15.5. The molecule has 3 N–H and O–H groups in total. The van der Waals surface area contributed by atoms with Crippen LogP contribution in [0.2, 0.25) is 0 Å². The van der Waals surface area contributed by atoms with E-state index in [9.17, 15) is 8.42 Å². The fraction of sp³-hybridized carbons (Fsp3) is 0.692. The normalized spacial score (nSPS) is 16.0. The van der Waals surface area contributed by atoms with E-state index in [4.69, 9.17) is 5.73 Å². The van der Waals surface area contributed by atoms with Crippen molar-refractivity contribution in [3.05, 3.63) is 18.0 Å². The molecule has 1 saturated carbocycles. The molecule has 0 saturated heterocycles. The fourth-order valence-electron chi connectivity index (χ4n) is 2.28. The summed E-state index contributed by atoms with van der Waals surface area (Å²) in [4.78, 5) is 2.50. The monoisotopic (exact) mass is 300 g/mol. The highest BCUT2D eigenvalue weighted by Crippen LogP contribution is 2.24. The number of hydrogen-bond donors (Lipinski definition) is 2. The van der Waals surface area contributed by atoms with Gasteiger partial charge < -0.3 is 15.2 Å². The zero-order valence-electron chi connectivity index (χ0n) is 12.2. The Kier molecular flexibility index (Phi) is 4.85. The molecule has 1 aliphatic rings. The molecule has 0 aromatic carbocycles. The summed E-state index contributed by atoms with van der Waals surface area (Å²) in [5, 5.41) is 0. The Bertz CT molecular complexity index is 527. The van der Waals surface area contributed by atoms with E-state index in [1.165, 1.54) is 12.8 Å². The number of hydrogen-bond acceptors (Lipinski definition) is 4. The number of sulfonamides is 1. The van der Waals surface area contributed by atoms with Crippen molar-refractivity contribution >= 4 is 10.0 Å². The van der Waals surface area contributed by atoms with Crippen LogP contribution in [0.15, 0.2) is 17.2 Å². The maximum absolute atomic E-state index is 12.2. The van der Waals surface area contributed by atoms with Gasteiger partial charge in [-0.05, 0) is 32.9 Å². The van der Waals surface area contributed by atoms with E-state index in [-0.39, 0.29) is 0 Å². The molecule has 1 fully saturated rings. The van der Waals surface area contributed by atoms with Crippen LogP contribution in [0.1, 0.15) is 25.5 Å². The smallest absolute Gasteiger partial charge is 0.242 e. The van der Waals surface area contributed by atoms with Crippen molar-refractivity contribution in [3.63, 3.8) is 0 Å². The number of nitrogens with two attached hydrogens (primary N) is 1. The van der Waals surface area contributed by atoms with Crippen molar-refractivity contribution in [1.29, 1.82) is 0 Å². The molecule has 0 radical (unpaired) electrons. The van der Waals surface area contributed by atoms with E-state index in [1.807, 2.05) is 18.5 Å². The summed E-state index contributed by atoms with van der Waals surface area (Å²) in [6, 6.07) is 2.29. The maximum Gasteiger partial charge on any atom is 0.242 e. The highest BCUT2D eigenvalue weighted by atomic mass is 32.2. The van der Waals surface area contributed by atoms with Crippen LogP contribution < -0.4 is 10.5 Å². The van der Waals surface area contributed by atoms with Crippen molar-refractivity contribution in [3.8, 4) is 0 Å². The second-order valence-electron chi connectivity index (χ2n) is 5.27. The third kappa shape index (κ3) is 3.60. The Morgan fingerprint density at radius 3 is 2.70 bits per heavy atom. The van der Waals surface area contributed by atoms with Gasteiger partial charge in [0.15, 0.2) is 0 Å². The molecule has 6 nitrogen and oxygen atoms in total. The molecule has 2 rings (SSSR count). The van der Waals surface area contributed by atoms with E-state index >= 15 is 0 Å². The zero-order chi connectivity index (χ0) is 14.8. The Hall–Kier alpha value is -0.890. The van der Waals surface area contributed by atoms with Gasteiger partial charge in [0.05, 0.1) is 4.90 Å². The minimum absolute atomic E-state index is 0.300. The molecule has 7 heteroatoms. The summed E-state index contributed by atoms with van der Waals surface area (Å²) in [5.41, 5.74) is 6.46. The molecule has 0 spiro atoms. The third-order valence-electron chi connectivity index (χ3n) is 3.75. The Labute approximate surface area is 121 Å². The van der Waals surface area contributed by atoms with Crippen LogP contribution in [0.4, 0.5) is 0 Å². The minimum atomic E-state index is -3.44. The standard InChI is InChI=1S/C13H24N4O2S/c1-3-17-10-13(8-12(17)9-14)20(18,19)15-6-7-16(2)11-4-5-11/h8,10-11,15H,3-7,9,14H2,1-2H3. The lowest BCUT2D eigenvalue weighted by Gasteiger charge is -2.15. The average molecular weight is 300 g/mol. The third-order valence-corrected chi connectivity index (χ3v) is 5.18. The number of aromatic nitrogens is 1. The van der Waals surface area contributed by atoms with Gasteiger partial charge in [-0.25, -0.2) is 13.1 Å². The number of aryl methyl sites for hydroxylation is 1. The van der Waals surface area contributed by atoms with Gasteiger partial charge in [-0.1, -0.05) is 0 Å². The van der Waals surface area contributed by atoms with Crippen molar-refractivity contribution in [2.75, 3.05) is 20.1 Å². The summed E-state index contributed by atoms with van der Waals surface area (Å²) < 4.78 is 28.9. The lowest BCUT2D eigenvalue weighted by atomic mass is 10.4. The van der Waals surface area contributed by atoms with Crippen LogP contribution in [0, 0.1) is 0 Å². The average Bonchev–Trinajstić information content (AvgIpc) is 3.17. The molecule has 0 unspecified atom stereocenters. The predicted octanol–water partition coefficient (Wildman–Crippen LogP) is 0.339. The Morgan fingerprint density at radius 2 is 2.20 bits per heavy atom. The molecule has 0 aliphatic heterocycles. The molecule has 1 aromatic heterocycles.